The Hall–Kier alpha value is -1.40. The average molecular weight is 367 g/mol. The highest BCUT2D eigenvalue weighted by Gasteiger charge is 2.33. The molecule has 0 radical (unpaired) electrons. The summed E-state index contributed by atoms with van der Waals surface area (Å²) in [6.07, 6.45) is 0. The molecular formula is C19H30N2O3S. The van der Waals surface area contributed by atoms with Crippen molar-refractivity contribution in [3.8, 4) is 0 Å². The zero-order chi connectivity index (χ0) is 19.0. The van der Waals surface area contributed by atoms with Gasteiger partial charge < -0.3 is 4.90 Å². The first-order valence-corrected chi connectivity index (χ1v) is 10.2. The van der Waals surface area contributed by atoms with E-state index in [0.717, 1.165) is 5.56 Å². The van der Waals surface area contributed by atoms with Crippen molar-refractivity contribution in [3.63, 3.8) is 0 Å². The summed E-state index contributed by atoms with van der Waals surface area (Å²) in [5.41, 5.74) is 0.650. The second kappa shape index (κ2) is 6.72. The van der Waals surface area contributed by atoms with Gasteiger partial charge in [0.2, 0.25) is 15.9 Å². The first-order valence-electron chi connectivity index (χ1n) is 8.73. The van der Waals surface area contributed by atoms with Gasteiger partial charge in [0.25, 0.3) is 0 Å². The summed E-state index contributed by atoms with van der Waals surface area (Å²) in [5.74, 6) is 0.0686. The molecule has 5 nitrogen and oxygen atoms in total. The molecule has 1 heterocycles. The quantitative estimate of drug-likeness (QED) is 0.809. The fourth-order valence-electron chi connectivity index (χ4n) is 2.88. The van der Waals surface area contributed by atoms with E-state index in [1.807, 2.05) is 32.9 Å². The van der Waals surface area contributed by atoms with Crippen LogP contribution in [0.5, 0.6) is 0 Å². The Bertz CT molecular complexity index is 717. The van der Waals surface area contributed by atoms with Gasteiger partial charge in [-0.3, -0.25) is 4.79 Å². The smallest absolute Gasteiger partial charge is 0.243 e. The van der Waals surface area contributed by atoms with Gasteiger partial charge in [-0.25, -0.2) is 8.42 Å². The molecule has 1 aromatic rings. The molecule has 0 bridgehead atoms. The number of benzene rings is 1. The molecule has 0 saturated carbocycles. The molecule has 1 amide bonds. The van der Waals surface area contributed by atoms with Crippen molar-refractivity contribution >= 4 is 15.9 Å². The van der Waals surface area contributed by atoms with E-state index in [2.05, 4.69) is 20.8 Å². The number of amides is 1. The van der Waals surface area contributed by atoms with Gasteiger partial charge in [0, 0.05) is 31.6 Å². The van der Waals surface area contributed by atoms with Crippen LogP contribution < -0.4 is 0 Å². The third-order valence-corrected chi connectivity index (χ3v) is 6.44. The van der Waals surface area contributed by atoms with Crippen molar-refractivity contribution in [1.82, 2.24) is 9.21 Å². The van der Waals surface area contributed by atoms with Gasteiger partial charge in [0.15, 0.2) is 0 Å². The lowest BCUT2D eigenvalue weighted by Crippen LogP contribution is -2.52. The Labute approximate surface area is 152 Å². The molecule has 0 atom stereocenters. The maximum atomic E-state index is 12.8. The molecule has 0 aliphatic carbocycles. The number of hydrogen-bond acceptors (Lipinski definition) is 3. The minimum Gasteiger partial charge on any atom is -0.340 e. The SMILES string of the molecule is CC(C)(C)C(=O)N1CCN(S(=O)(=O)c2ccc(C(C)(C)C)cc2)CC1. The third kappa shape index (κ3) is 4.42. The zero-order valence-electron chi connectivity index (χ0n) is 16.2. The number of nitrogens with zero attached hydrogens (tertiary/aromatic N) is 2. The van der Waals surface area contributed by atoms with E-state index in [4.69, 9.17) is 0 Å². The molecule has 0 spiro atoms. The molecule has 0 unspecified atom stereocenters. The molecule has 140 valence electrons. The van der Waals surface area contributed by atoms with Gasteiger partial charge in [-0.05, 0) is 23.1 Å². The van der Waals surface area contributed by atoms with E-state index in [1.165, 1.54) is 4.31 Å². The molecule has 1 aliphatic rings. The summed E-state index contributed by atoms with van der Waals surface area (Å²) in [6.45, 7) is 13.5. The number of carbonyl (C=O) groups is 1. The monoisotopic (exact) mass is 366 g/mol. The minimum atomic E-state index is -3.51. The van der Waals surface area contributed by atoms with E-state index < -0.39 is 15.4 Å². The van der Waals surface area contributed by atoms with Gasteiger partial charge in [0.05, 0.1) is 4.90 Å². The van der Waals surface area contributed by atoms with Crippen molar-refractivity contribution < 1.29 is 13.2 Å². The van der Waals surface area contributed by atoms with Crippen molar-refractivity contribution in [2.75, 3.05) is 26.2 Å². The van der Waals surface area contributed by atoms with E-state index in [-0.39, 0.29) is 11.3 Å². The maximum Gasteiger partial charge on any atom is 0.243 e. The summed E-state index contributed by atoms with van der Waals surface area (Å²) >= 11 is 0. The first kappa shape index (κ1) is 19.9. The molecular weight excluding hydrogens is 336 g/mol. The molecule has 1 fully saturated rings. The highest BCUT2D eigenvalue weighted by molar-refractivity contribution is 7.89. The largest absolute Gasteiger partial charge is 0.340 e. The molecule has 6 heteroatoms. The van der Waals surface area contributed by atoms with Crippen LogP contribution in [0.1, 0.15) is 47.1 Å². The van der Waals surface area contributed by atoms with Crippen LogP contribution in [0.3, 0.4) is 0 Å². The fourth-order valence-corrected chi connectivity index (χ4v) is 4.30. The molecule has 0 aromatic heterocycles. The van der Waals surface area contributed by atoms with Crippen molar-refractivity contribution in [2.45, 2.75) is 51.9 Å². The predicted molar refractivity (Wildman–Crippen MR) is 99.9 cm³/mol. The van der Waals surface area contributed by atoms with Crippen molar-refractivity contribution in [1.29, 1.82) is 0 Å². The summed E-state index contributed by atoms with van der Waals surface area (Å²) in [5, 5.41) is 0. The fraction of sp³-hybridized carbons (Fsp3) is 0.632. The van der Waals surface area contributed by atoms with E-state index in [1.54, 1.807) is 17.0 Å². The minimum absolute atomic E-state index is 0.0127. The average Bonchev–Trinajstić information content (AvgIpc) is 2.52. The summed E-state index contributed by atoms with van der Waals surface area (Å²) < 4.78 is 27.2. The van der Waals surface area contributed by atoms with Gasteiger partial charge >= 0.3 is 0 Å². The predicted octanol–water partition coefficient (Wildman–Crippen LogP) is 2.86. The Balaban J connectivity index is 2.11. The van der Waals surface area contributed by atoms with Crippen LogP contribution in [0.15, 0.2) is 29.2 Å². The van der Waals surface area contributed by atoms with Crippen molar-refractivity contribution in [2.24, 2.45) is 5.41 Å². The summed E-state index contributed by atoms with van der Waals surface area (Å²) in [4.78, 5) is 14.4. The van der Waals surface area contributed by atoms with Crippen LogP contribution >= 0.6 is 0 Å². The number of carbonyl (C=O) groups excluding carboxylic acids is 1. The second-order valence-electron chi connectivity index (χ2n) is 8.72. The Morgan fingerprint density at radius 3 is 1.76 bits per heavy atom. The molecule has 1 aliphatic heterocycles. The zero-order valence-corrected chi connectivity index (χ0v) is 17.0. The van der Waals surface area contributed by atoms with Crippen LogP contribution in [0.25, 0.3) is 0 Å². The summed E-state index contributed by atoms with van der Waals surface area (Å²) in [6, 6.07) is 7.13. The molecule has 25 heavy (non-hydrogen) atoms. The van der Waals surface area contributed by atoms with Gasteiger partial charge in [-0.1, -0.05) is 53.7 Å². The van der Waals surface area contributed by atoms with E-state index in [0.29, 0.717) is 31.1 Å². The van der Waals surface area contributed by atoms with Crippen LogP contribution in [0.2, 0.25) is 0 Å². The van der Waals surface area contributed by atoms with Crippen LogP contribution in [-0.2, 0) is 20.2 Å². The lowest BCUT2D eigenvalue weighted by Gasteiger charge is -2.37. The molecule has 2 rings (SSSR count). The lowest BCUT2D eigenvalue weighted by molar-refractivity contribution is -0.140. The Morgan fingerprint density at radius 2 is 1.36 bits per heavy atom. The van der Waals surface area contributed by atoms with E-state index in [9.17, 15) is 13.2 Å². The Morgan fingerprint density at radius 1 is 0.880 bits per heavy atom. The molecule has 0 N–H and O–H groups in total. The molecule has 1 saturated heterocycles. The number of rotatable bonds is 2. The summed E-state index contributed by atoms with van der Waals surface area (Å²) in [7, 11) is -3.51. The lowest BCUT2D eigenvalue weighted by atomic mass is 9.87. The normalized spacial score (nSPS) is 17.6. The first-order chi connectivity index (χ1) is 11.3. The van der Waals surface area contributed by atoms with Gasteiger partial charge in [0.1, 0.15) is 0 Å². The number of piperazine rings is 1. The number of sulfonamides is 1. The maximum absolute atomic E-state index is 12.8. The van der Waals surface area contributed by atoms with E-state index >= 15 is 0 Å². The highest BCUT2D eigenvalue weighted by atomic mass is 32.2. The highest BCUT2D eigenvalue weighted by Crippen LogP contribution is 2.25. The van der Waals surface area contributed by atoms with Gasteiger partial charge in [-0.15, -0.1) is 0 Å². The van der Waals surface area contributed by atoms with Crippen LogP contribution in [-0.4, -0.2) is 49.7 Å². The Kier molecular flexibility index (Phi) is 5.36. The second-order valence-corrected chi connectivity index (χ2v) is 10.7. The number of hydrogen-bond donors (Lipinski definition) is 0. The standard InChI is InChI=1S/C19H30N2O3S/c1-18(2,3)15-7-9-16(10-8-15)25(23,24)21-13-11-20(12-14-21)17(22)19(4,5)6/h7-10H,11-14H2,1-6H3. The topological polar surface area (TPSA) is 57.7 Å². The van der Waals surface area contributed by atoms with Gasteiger partial charge in [-0.2, -0.15) is 4.31 Å². The van der Waals surface area contributed by atoms with Crippen LogP contribution in [0.4, 0.5) is 0 Å². The van der Waals surface area contributed by atoms with Crippen molar-refractivity contribution in [3.05, 3.63) is 29.8 Å². The molecule has 1 aromatic carbocycles. The van der Waals surface area contributed by atoms with Crippen LogP contribution in [0, 0.1) is 5.41 Å². The third-order valence-electron chi connectivity index (χ3n) is 4.53.